The first kappa shape index (κ1) is 22.5. The number of carboxylic acids is 1. The number of fused-ring (bicyclic) bond motifs is 1. The number of rotatable bonds is 6. The molecule has 32 heavy (non-hydrogen) atoms. The van der Waals surface area contributed by atoms with Crippen molar-refractivity contribution in [2.45, 2.75) is 63.6 Å². The minimum atomic E-state index is -1.48. The Morgan fingerprint density at radius 1 is 1.16 bits per heavy atom. The lowest BCUT2D eigenvalue weighted by molar-refractivity contribution is -0.154. The van der Waals surface area contributed by atoms with Gasteiger partial charge in [-0.3, -0.25) is 24.6 Å². The highest BCUT2D eigenvalue weighted by atomic mass is 16.5. The van der Waals surface area contributed by atoms with Gasteiger partial charge in [0.1, 0.15) is 11.3 Å². The van der Waals surface area contributed by atoms with Gasteiger partial charge in [-0.2, -0.15) is 0 Å². The molecule has 0 radical (unpaired) electrons. The van der Waals surface area contributed by atoms with Gasteiger partial charge in [0.2, 0.25) is 11.8 Å². The predicted octanol–water partition coefficient (Wildman–Crippen LogP) is 3.09. The Morgan fingerprint density at radius 3 is 2.38 bits per heavy atom. The third-order valence-electron chi connectivity index (χ3n) is 7.48. The summed E-state index contributed by atoms with van der Waals surface area (Å²) in [6, 6.07) is 6.82. The second-order valence-corrected chi connectivity index (χ2v) is 9.47. The van der Waals surface area contributed by atoms with Gasteiger partial charge in [-0.1, -0.05) is 57.4 Å². The van der Waals surface area contributed by atoms with Gasteiger partial charge in [-0.25, -0.2) is 0 Å². The highest BCUT2D eigenvalue weighted by molar-refractivity contribution is 6.10. The van der Waals surface area contributed by atoms with Crippen LogP contribution in [0.15, 0.2) is 30.3 Å². The Labute approximate surface area is 188 Å². The number of nitrogens with one attached hydrogen (secondary N) is 1. The van der Waals surface area contributed by atoms with E-state index in [4.69, 9.17) is 4.74 Å². The van der Waals surface area contributed by atoms with E-state index in [1.807, 2.05) is 36.4 Å². The molecule has 1 saturated carbocycles. The van der Waals surface area contributed by atoms with Gasteiger partial charge in [0.25, 0.3) is 0 Å². The molecular formula is C25H32N2O5. The van der Waals surface area contributed by atoms with Gasteiger partial charge in [-0.05, 0) is 36.5 Å². The second-order valence-electron chi connectivity index (χ2n) is 9.47. The number of amides is 2. The lowest BCUT2D eigenvalue weighted by Crippen LogP contribution is -2.60. The van der Waals surface area contributed by atoms with Crippen LogP contribution >= 0.6 is 0 Å². The fraction of sp³-hybridized carbons (Fsp3) is 0.560. The van der Waals surface area contributed by atoms with E-state index in [1.165, 1.54) is 4.90 Å². The van der Waals surface area contributed by atoms with Gasteiger partial charge in [0.05, 0.1) is 18.9 Å². The molecule has 2 amide bonds. The van der Waals surface area contributed by atoms with Gasteiger partial charge in [0.15, 0.2) is 0 Å². The molecule has 4 rings (SSSR count). The number of methoxy groups -OCH3 is 1. The number of aliphatic carboxylic acids is 1. The zero-order valence-electron chi connectivity index (χ0n) is 18.9. The number of carbonyl (C=O) groups is 3. The third kappa shape index (κ3) is 3.52. The number of likely N-dealkylation sites (tertiary alicyclic amines) is 1. The summed E-state index contributed by atoms with van der Waals surface area (Å²) in [7, 11) is 1.60. The summed E-state index contributed by atoms with van der Waals surface area (Å²) < 4.78 is 5.19. The largest absolute Gasteiger partial charge is 0.497 e. The number of imide groups is 1. The van der Waals surface area contributed by atoms with E-state index in [9.17, 15) is 19.5 Å². The molecular weight excluding hydrogens is 408 g/mol. The molecule has 3 aliphatic rings. The number of nitrogens with zero attached hydrogens (tertiary/aromatic N) is 1. The summed E-state index contributed by atoms with van der Waals surface area (Å²) >= 11 is 0. The van der Waals surface area contributed by atoms with Crippen LogP contribution < -0.4 is 10.1 Å². The van der Waals surface area contributed by atoms with Crippen LogP contribution in [-0.2, 0) is 14.4 Å². The molecule has 3 fully saturated rings. The topological polar surface area (TPSA) is 95.9 Å². The van der Waals surface area contributed by atoms with Crippen LogP contribution in [0.4, 0.5) is 0 Å². The standard InChI is InChI=1S/C25H32N2O5/c1-15(2)25(24(30)31)21-20(22(28)27(23(21)29)17-7-5-4-6-8-17)19(26-25)14-11-16-9-12-18(32-3)13-10-16/h9-15,17,19-21,26H,4-8H2,1-3H3,(H,30,31)/b14-11-. The van der Waals surface area contributed by atoms with Gasteiger partial charge in [0, 0.05) is 12.1 Å². The van der Waals surface area contributed by atoms with E-state index in [-0.39, 0.29) is 23.8 Å². The molecule has 1 aromatic rings. The molecule has 0 bridgehead atoms. The van der Waals surface area contributed by atoms with E-state index in [2.05, 4.69) is 5.32 Å². The Hall–Kier alpha value is -2.67. The Morgan fingerprint density at radius 2 is 1.81 bits per heavy atom. The number of benzene rings is 1. The maximum absolute atomic E-state index is 13.6. The lowest BCUT2D eigenvalue weighted by atomic mass is 9.73. The molecule has 2 saturated heterocycles. The number of hydrogen-bond acceptors (Lipinski definition) is 5. The van der Waals surface area contributed by atoms with Crippen molar-refractivity contribution in [2.75, 3.05) is 7.11 Å². The van der Waals surface area contributed by atoms with E-state index in [1.54, 1.807) is 21.0 Å². The molecule has 4 unspecified atom stereocenters. The Bertz CT molecular complexity index is 919. The normalized spacial score (nSPS) is 31.0. The van der Waals surface area contributed by atoms with Crippen molar-refractivity contribution in [3.63, 3.8) is 0 Å². The zero-order valence-corrected chi connectivity index (χ0v) is 18.9. The maximum atomic E-state index is 13.6. The van der Waals surface area contributed by atoms with Crippen LogP contribution in [0.5, 0.6) is 5.75 Å². The van der Waals surface area contributed by atoms with Crippen molar-refractivity contribution in [3.05, 3.63) is 35.9 Å². The van der Waals surface area contributed by atoms with Crippen LogP contribution in [0.3, 0.4) is 0 Å². The quantitative estimate of drug-likeness (QED) is 0.660. The van der Waals surface area contributed by atoms with E-state index < -0.39 is 29.4 Å². The van der Waals surface area contributed by atoms with E-state index in [0.717, 1.165) is 43.4 Å². The molecule has 0 spiro atoms. The summed E-state index contributed by atoms with van der Waals surface area (Å²) in [6.45, 7) is 3.60. The van der Waals surface area contributed by atoms with Crippen LogP contribution in [0.2, 0.25) is 0 Å². The van der Waals surface area contributed by atoms with Crippen molar-refractivity contribution in [3.8, 4) is 5.75 Å². The highest BCUT2D eigenvalue weighted by Crippen LogP contribution is 2.48. The molecule has 1 aromatic carbocycles. The van der Waals surface area contributed by atoms with Crippen molar-refractivity contribution in [1.29, 1.82) is 0 Å². The molecule has 2 heterocycles. The molecule has 1 aliphatic carbocycles. The first-order chi connectivity index (χ1) is 15.3. The average Bonchev–Trinajstić information content (AvgIpc) is 3.27. The second kappa shape index (κ2) is 8.70. The summed E-state index contributed by atoms with van der Waals surface area (Å²) in [5, 5.41) is 13.5. The fourth-order valence-electron chi connectivity index (χ4n) is 5.77. The molecule has 4 atom stereocenters. The summed E-state index contributed by atoms with van der Waals surface area (Å²) in [6.07, 6.45) is 8.40. The highest BCUT2D eigenvalue weighted by Gasteiger charge is 2.69. The maximum Gasteiger partial charge on any atom is 0.325 e. The number of carbonyl (C=O) groups excluding carboxylic acids is 2. The first-order valence-electron chi connectivity index (χ1n) is 11.5. The minimum Gasteiger partial charge on any atom is -0.497 e. The van der Waals surface area contributed by atoms with Crippen LogP contribution in [0.25, 0.3) is 6.08 Å². The summed E-state index contributed by atoms with van der Waals surface area (Å²) in [5.74, 6) is -2.86. The zero-order chi connectivity index (χ0) is 23.0. The molecule has 0 aromatic heterocycles. The van der Waals surface area contributed by atoms with E-state index >= 15 is 0 Å². The van der Waals surface area contributed by atoms with Crippen LogP contribution in [0.1, 0.15) is 51.5 Å². The Balaban J connectivity index is 1.70. The SMILES string of the molecule is COc1ccc(/C=C\C2NC(C(=O)O)(C(C)C)C3C(=O)N(C4CCCCC4)C(=O)C23)cc1. The van der Waals surface area contributed by atoms with Crippen molar-refractivity contribution >= 4 is 23.9 Å². The van der Waals surface area contributed by atoms with Crippen LogP contribution in [0, 0.1) is 17.8 Å². The van der Waals surface area contributed by atoms with Gasteiger partial charge < -0.3 is 9.84 Å². The molecule has 172 valence electrons. The van der Waals surface area contributed by atoms with E-state index in [0.29, 0.717) is 0 Å². The molecule has 2 N–H and O–H groups in total. The monoisotopic (exact) mass is 440 g/mol. The molecule has 2 aliphatic heterocycles. The smallest absolute Gasteiger partial charge is 0.325 e. The van der Waals surface area contributed by atoms with Gasteiger partial charge in [-0.15, -0.1) is 0 Å². The number of hydrogen-bond donors (Lipinski definition) is 2. The van der Waals surface area contributed by atoms with Gasteiger partial charge >= 0.3 is 5.97 Å². The summed E-state index contributed by atoms with van der Waals surface area (Å²) in [4.78, 5) is 41.1. The predicted molar refractivity (Wildman–Crippen MR) is 120 cm³/mol. The first-order valence-corrected chi connectivity index (χ1v) is 11.5. The van der Waals surface area contributed by atoms with Crippen molar-refractivity contribution in [1.82, 2.24) is 10.2 Å². The molecule has 7 heteroatoms. The molecule has 7 nitrogen and oxygen atoms in total. The lowest BCUT2D eigenvalue weighted by Gasteiger charge is -2.36. The Kier molecular flexibility index (Phi) is 6.12. The fourth-order valence-corrected chi connectivity index (χ4v) is 5.77. The number of carboxylic acid groups (broad SMARTS) is 1. The average molecular weight is 441 g/mol. The van der Waals surface area contributed by atoms with Crippen molar-refractivity contribution in [2.24, 2.45) is 17.8 Å². The minimum absolute atomic E-state index is 0.112. The third-order valence-corrected chi connectivity index (χ3v) is 7.48. The summed E-state index contributed by atoms with van der Waals surface area (Å²) in [5.41, 5.74) is -0.571. The number of ether oxygens (including phenoxy) is 1. The van der Waals surface area contributed by atoms with Crippen molar-refractivity contribution < 1.29 is 24.2 Å². The van der Waals surface area contributed by atoms with Crippen LogP contribution in [-0.4, -0.2) is 52.5 Å².